The molecule has 240 valence electrons. The number of Topliss-reactive ketones (excluding diaryl/α,β-unsaturated/α-hetero) is 1. The van der Waals surface area contributed by atoms with E-state index in [1.807, 2.05) is 26.0 Å². The van der Waals surface area contributed by atoms with E-state index in [2.05, 4.69) is 15.6 Å². The zero-order valence-corrected chi connectivity index (χ0v) is 25.8. The highest BCUT2D eigenvalue weighted by Crippen LogP contribution is 2.59. The number of ketones is 1. The van der Waals surface area contributed by atoms with Gasteiger partial charge in [-0.15, -0.1) is 0 Å². The van der Waals surface area contributed by atoms with Crippen LogP contribution < -0.4 is 15.4 Å². The molecule has 4 aromatic rings. The molecule has 3 aliphatic heterocycles. The molecular weight excluding hydrogens is 595 g/mol. The lowest BCUT2D eigenvalue weighted by molar-refractivity contribution is -0.135. The van der Waals surface area contributed by atoms with Crippen LogP contribution in [0.15, 0.2) is 51.5 Å². The van der Waals surface area contributed by atoms with Gasteiger partial charge in [0.1, 0.15) is 41.1 Å². The SMILES string of the molecule is CC(C)[C@H](O)C(=O)CC1Cc2ccc3c(c2)[C@@]2(c4cc(F)ccc4N[C@@H]2O3)c2oc(nc2-c2nc(CO)co2)[C@H](C(C)C)NC1=O. The number of hydrogen-bond donors (Lipinski definition) is 4. The first kappa shape index (κ1) is 30.1. The van der Waals surface area contributed by atoms with E-state index in [1.54, 1.807) is 26.0 Å². The third kappa shape index (κ3) is 4.61. The summed E-state index contributed by atoms with van der Waals surface area (Å²) in [5.74, 6) is -1.56. The van der Waals surface area contributed by atoms with Gasteiger partial charge in [0, 0.05) is 29.2 Å². The van der Waals surface area contributed by atoms with E-state index in [0.29, 0.717) is 22.6 Å². The number of anilines is 1. The minimum Gasteiger partial charge on any atom is -0.469 e. The molecule has 12 heteroatoms. The molecule has 2 aromatic heterocycles. The number of nitrogens with one attached hydrogen (secondary N) is 2. The van der Waals surface area contributed by atoms with Gasteiger partial charge in [-0.1, -0.05) is 39.8 Å². The number of halogens is 1. The first-order valence-corrected chi connectivity index (χ1v) is 15.5. The molecule has 0 aliphatic carbocycles. The second-order valence-corrected chi connectivity index (χ2v) is 13.0. The summed E-state index contributed by atoms with van der Waals surface area (Å²) >= 11 is 0. The first-order chi connectivity index (χ1) is 22.0. The zero-order chi connectivity index (χ0) is 32.5. The fourth-order valence-electron chi connectivity index (χ4n) is 6.80. The van der Waals surface area contributed by atoms with Crippen LogP contribution in [0, 0.1) is 23.6 Å². The molecule has 0 saturated carbocycles. The van der Waals surface area contributed by atoms with E-state index < -0.39 is 41.3 Å². The van der Waals surface area contributed by atoms with Crippen molar-refractivity contribution in [2.24, 2.45) is 17.8 Å². The largest absolute Gasteiger partial charge is 0.469 e. The van der Waals surface area contributed by atoms with Gasteiger partial charge in [-0.2, -0.15) is 0 Å². The Morgan fingerprint density at radius 3 is 2.63 bits per heavy atom. The minimum atomic E-state index is -1.26. The summed E-state index contributed by atoms with van der Waals surface area (Å²) in [5.41, 5.74) is 1.82. The Labute approximate surface area is 264 Å². The summed E-state index contributed by atoms with van der Waals surface area (Å²) in [6.07, 6.45) is -0.623. The number of hydrogen-bond acceptors (Lipinski definition) is 10. The number of fused-ring (bicyclic) bond motifs is 4. The Kier molecular flexibility index (Phi) is 7.24. The maximum Gasteiger partial charge on any atom is 0.249 e. The van der Waals surface area contributed by atoms with Gasteiger partial charge in [-0.05, 0) is 48.1 Å². The van der Waals surface area contributed by atoms with Crippen LogP contribution >= 0.6 is 0 Å². The predicted molar refractivity (Wildman–Crippen MR) is 162 cm³/mol. The molecule has 46 heavy (non-hydrogen) atoms. The molecule has 1 amide bonds. The van der Waals surface area contributed by atoms with Crippen molar-refractivity contribution in [2.75, 3.05) is 5.32 Å². The smallest absolute Gasteiger partial charge is 0.249 e. The highest BCUT2D eigenvalue weighted by Gasteiger charge is 2.61. The zero-order valence-electron chi connectivity index (χ0n) is 25.8. The molecule has 11 nitrogen and oxygen atoms in total. The van der Waals surface area contributed by atoms with Crippen LogP contribution in [-0.2, 0) is 28.0 Å². The van der Waals surface area contributed by atoms with Gasteiger partial charge in [0.05, 0.1) is 6.61 Å². The summed E-state index contributed by atoms with van der Waals surface area (Å²) in [5, 5.41) is 26.7. The van der Waals surface area contributed by atoms with Crippen molar-refractivity contribution in [1.82, 2.24) is 15.3 Å². The first-order valence-electron chi connectivity index (χ1n) is 15.5. The molecule has 2 aromatic carbocycles. The fraction of sp³-hybridized carbons (Fsp3) is 0.412. The normalized spacial score (nSPS) is 23.6. The van der Waals surface area contributed by atoms with Crippen LogP contribution in [0.1, 0.15) is 74.2 Å². The van der Waals surface area contributed by atoms with Gasteiger partial charge in [-0.3, -0.25) is 9.59 Å². The Bertz CT molecular complexity index is 1850. The van der Waals surface area contributed by atoms with Crippen molar-refractivity contribution in [3.63, 3.8) is 0 Å². The monoisotopic (exact) mass is 630 g/mol. The number of rotatable bonds is 7. The van der Waals surface area contributed by atoms with Gasteiger partial charge < -0.3 is 34.4 Å². The lowest BCUT2D eigenvalue weighted by atomic mass is 9.72. The molecule has 3 aliphatic rings. The molecule has 1 unspecified atom stereocenters. The third-order valence-corrected chi connectivity index (χ3v) is 9.21. The number of oxazole rings is 2. The van der Waals surface area contributed by atoms with E-state index in [9.17, 15) is 19.8 Å². The number of nitrogens with zero attached hydrogens (tertiary/aromatic N) is 2. The number of aliphatic hydroxyl groups is 2. The number of aromatic nitrogens is 2. The highest BCUT2D eigenvalue weighted by molar-refractivity contribution is 5.89. The quantitative estimate of drug-likeness (QED) is 0.231. The second-order valence-electron chi connectivity index (χ2n) is 13.0. The van der Waals surface area contributed by atoms with Crippen LogP contribution in [-0.4, -0.2) is 44.2 Å². The summed E-state index contributed by atoms with van der Waals surface area (Å²) in [4.78, 5) is 36.4. The maximum atomic E-state index is 15.1. The van der Waals surface area contributed by atoms with Crippen LogP contribution in [0.3, 0.4) is 0 Å². The second kappa shape index (κ2) is 11.1. The van der Waals surface area contributed by atoms with Crippen LogP contribution in [0.25, 0.3) is 11.6 Å². The number of aliphatic hydroxyl groups excluding tert-OH is 2. The van der Waals surface area contributed by atoms with Gasteiger partial charge >= 0.3 is 0 Å². The van der Waals surface area contributed by atoms with E-state index in [-0.39, 0.29) is 66.1 Å². The van der Waals surface area contributed by atoms with Crippen LogP contribution in [0.2, 0.25) is 0 Å². The summed E-state index contributed by atoms with van der Waals surface area (Å²) in [7, 11) is 0. The van der Waals surface area contributed by atoms with Crippen molar-refractivity contribution in [3.8, 4) is 17.3 Å². The minimum absolute atomic E-state index is 0.0754. The van der Waals surface area contributed by atoms with Crippen molar-refractivity contribution in [1.29, 1.82) is 0 Å². The van der Waals surface area contributed by atoms with Crippen molar-refractivity contribution in [2.45, 2.75) is 70.9 Å². The number of ether oxygens (including phenoxy) is 1. The molecule has 4 bridgehead atoms. The number of carbonyl (C=O) groups excluding carboxylic acids is 2. The average molecular weight is 631 g/mol. The van der Waals surface area contributed by atoms with Crippen LogP contribution in [0.4, 0.5) is 10.1 Å². The summed E-state index contributed by atoms with van der Waals surface area (Å²) in [6.45, 7) is 6.94. The number of amides is 1. The van der Waals surface area contributed by atoms with Gasteiger partial charge in [0.2, 0.25) is 17.7 Å². The predicted octanol–water partition coefficient (Wildman–Crippen LogP) is 4.40. The molecule has 5 heterocycles. The number of carbonyl (C=O) groups is 2. The Morgan fingerprint density at radius 1 is 1.11 bits per heavy atom. The molecule has 1 spiro atoms. The lowest BCUT2D eigenvalue weighted by Gasteiger charge is -2.28. The van der Waals surface area contributed by atoms with Crippen molar-refractivity contribution < 1.29 is 37.8 Å². The third-order valence-electron chi connectivity index (χ3n) is 9.21. The maximum absolute atomic E-state index is 15.1. The van der Waals surface area contributed by atoms with Crippen molar-refractivity contribution in [3.05, 3.63) is 82.5 Å². The lowest BCUT2D eigenvalue weighted by Crippen LogP contribution is -2.41. The fourth-order valence-corrected chi connectivity index (χ4v) is 6.80. The Balaban J connectivity index is 1.49. The van der Waals surface area contributed by atoms with Gasteiger partial charge in [0.25, 0.3) is 0 Å². The Morgan fingerprint density at radius 2 is 1.91 bits per heavy atom. The standard InChI is InChI=1S/C34H35FN4O7/c1-15(2)26-32-39-27(31-36-20(13-40)14-44-31)29(46-32)34-21-12-19(35)6-7-23(21)37-33(34)45-25-8-5-17(10-22(25)34)9-18(30(43)38-26)11-24(41)28(42)16(3)4/h5-8,10,12,14-16,18,26,28,33,37,40,42H,9,11,13H2,1-4H3,(H,38,43)/t18?,26-,28-,33+,34-/m0/s1. The van der Waals surface area contributed by atoms with E-state index in [1.165, 1.54) is 18.4 Å². The van der Waals surface area contributed by atoms with Crippen LogP contribution in [0.5, 0.6) is 5.75 Å². The molecule has 0 fully saturated rings. The molecule has 7 rings (SSSR count). The molecule has 0 radical (unpaired) electrons. The molecule has 4 N–H and O–H groups in total. The van der Waals surface area contributed by atoms with E-state index >= 15 is 4.39 Å². The van der Waals surface area contributed by atoms with E-state index in [4.69, 9.17) is 18.6 Å². The summed E-state index contributed by atoms with van der Waals surface area (Å²) < 4.78 is 34.0. The molecule has 0 saturated heterocycles. The average Bonchev–Trinajstić information content (AvgIpc) is 3.79. The van der Waals surface area contributed by atoms with Gasteiger partial charge in [0.15, 0.2) is 23.5 Å². The molecular formula is C34H35FN4O7. The summed E-state index contributed by atoms with van der Waals surface area (Å²) in [6, 6.07) is 9.23. The molecule has 5 atom stereocenters. The topological polar surface area (TPSA) is 160 Å². The van der Waals surface area contributed by atoms with E-state index in [0.717, 1.165) is 5.56 Å². The highest BCUT2D eigenvalue weighted by atomic mass is 19.1. The van der Waals surface area contributed by atoms with Crippen molar-refractivity contribution >= 4 is 17.4 Å². The number of benzene rings is 2. The Hall–Kier alpha value is -4.55. The van der Waals surface area contributed by atoms with Gasteiger partial charge in [-0.25, -0.2) is 14.4 Å².